The Morgan fingerprint density at radius 2 is 1.32 bits per heavy atom. The molecule has 0 bridgehead atoms. The molecule has 0 fully saturated rings. The van der Waals surface area contributed by atoms with Crippen molar-refractivity contribution in [2.75, 3.05) is 0 Å². The molecule has 1 aromatic carbocycles. The Hall–Kier alpha value is -4.79. The van der Waals surface area contributed by atoms with Crippen molar-refractivity contribution >= 4 is 35.6 Å². The average Bonchev–Trinajstić information content (AvgIpc) is 3.42. The minimum atomic E-state index is -1.52. The van der Waals surface area contributed by atoms with Crippen LogP contribution >= 0.6 is 0 Å². The van der Waals surface area contributed by atoms with E-state index in [0.29, 0.717) is 11.3 Å². The first-order chi connectivity index (χ1) is 19.0. The fraction of sp³-hybridized carbons (Fsp3) is 0.400. The highest BCUT2D eigenvalue weighted by Crippen LogP contribution is 2.08. The van der Waals surface area contributed by atoms with Crippen LogP contribution in [-0.4, -0.2) is 85.1 Å². The van der Waals surface area contributed by atoms with E-state index in [-0.39, 0.29) is 32.1 Å². The summed E-state index contributed by atoms with van der Waals surface area (Å²) < 4.78 is 0. The van der Waals surface area contributed by atoms with E-state index in [9.17, 15) is 33.9 Å². The van der Waals surface area contributed by atoms with Crippen LogP contribution in [0.1, 0.15) is 36.9 Å². The van der Waals surface area contributed by atoms with Gasteiger partial charge in [0.15, 0.2) is 0 Å². The molecule has 0 aliphatic carbocycles. The van der Waals surface area contributed by atoms with E-state index >= 15 is 0 Å². The number of benzene rings is 1. The molecule has 4 atom stereocenters. The molecule has 0 saturated carbocycles. The van der Waals surface area contributed by atoms with E-state index in [1.807, 2.05) is 0 Å². The highest BCUT2D eigenvalue weighted by Gasteiger charge is 2.31. The van der Waals surface area contributed by atoms with Gasteiger partial charge in [-0.3, -0.25) is 24.0 Å². The Labute approximate surface area is 228 Å². The number of aromatic amines is 1. The van der Waals surface area contributed by atoms with Crippen LogP contribution in [0.4, 0.5) is 0 Å². The first-order valence-electron chi connectivity index (χ1n) is 12.3. The van der Waals surface area contributed by atoms with Gasteiger partial charge in [-0.1, -0.05) is 30.3 Å². The van der Waals surface area contributed by atoms with Crippen molar-refractivity contribution < 1.29 is 44.1 Å². The predicted molar refractivity (Wildman–Crippen MR) is 138 cm³/mol. The molecule has 0 radical (unpaired) electrons. The van der Waals surface area contributed by atoms with Crippen molar-refractivity contribution in [2.24, 2.45) is 5.73 Å². The molecule has 216 valence electrons. The molecule has 1 heterocycles. The fourth-order valence-electron chi connectivity index (χ4n) is 3.64. The molecule has 15 heteroatoms. The van der Waals surface area contributed by atoms with Crippen LogP contribution in [0.2, 0.25) is 0 Å². The van der Waals surface area contributed by atoms with Gasteiger partial charge in [0.2, 0.25) is 17.7 Å². The lowest BCUT2D eigenvalue weighted by Gasteiger charge is -2.25. The number of aliphatic carboxylic acids is 3. The van der Waals surface area contributed by atoms with Crippen LogP contribution in [0, 0.1) is 0 Å². The molecule has 4 unspecified atom stereocenters. The van der Waals surface area contributed by atoms with Gasteiger partial charge >= 0.3 is 17.9 Å². The lowest BCUT2D eigenvalue weighted by Crippen LogP contribution is -2.58. The van der Waals surface area contributed by atoms with Gasteiger partial charge in [0, 0.05) is 37.6 Å². The normalized spacial score (nSPS) is 13.7. The third-order valence-corrected chi connectivity index (χ3v) is 5.79. The number of carbonyl (C=O) groups excluding carboxylic acids is 3. The first kappa shape index (κ1) is 31.4. The highest BCUT2D eigenvalue weighted by atomic mass is 16.4. The summed E-state index contributed by atoms with van der Waals surface area (Å²) in [4.78, 5) is 79.2. The van der Waals surface area contributed by atoms with E-state index < -0.39 is 66.2 Å². The largest absolute Gasteiger partial charge is 0.481 e. The Morgan fingerprint density at radius 3 is 1.88 bits per heavy atom. The number of nitrogens with two attached hydrogens (primary N) is 1. The van der Waals surface area contributed by atoms with Gasteiger partial charge in [-0.25, -0.2) is 9.78 Å². The van der Waals surface area contributed by atoms with Crippen molar-refractivity contribution in [3.8, 4) is 0 Å². The summed E-state index contributed by atoms with van der Waals surface area (Å²) in [6, 6.07) is 3.23. The maximum Gasteiger partial charge on any atom is 0.326 e. The molecule has 1 aromatic heterocycles. The van der Waals surface area contributed by atoms with Crippen molar-refractivity contribution in [3.05, 3.63) is 54.1 Å². The standard InChI is InChI=1S/C25H32N6O9/c26-16(6-8-20(32)33)22(36)30-19(11-15-12-27-13-28-15)24(38)31-18(10-14-4-2-1-3-5-14)23(37)29-17(25(39)40)7-9-21(34)35/h1-5,12-13,16-19H,6-11,26H2,(H,27,28)(H,29,37)(H,30,36)(H,31,38)(H,32,33)(H,34,35)(H,39,40). The summed E-state index contributed by atoms with van der Waals surface area (Å²) in [5.41, 5.74) is 6.87. The van der Waals surface area contributed by atoms with Gasteiger partial charge in [0.05, 0.1) is 12.4 Å². The second-order valence-electron chi connectivity index (χ2n) is 8.96. The van der Waals surface area contributed by atoms with Crippen molar-refractivity contribution in [1.29, 1.82) is 0 Å². The minimum Gasteiger partial charge on any atom is -0.481 e. The quantitative estimate of drug-likeness (QED) is 0.114. The second kappa shape index (κ2) is 15.6. The van der Waals surface area contributed by atoms with E-state index in [0.717, 1.165) is 0 Å². The number of carboxylic acids is 3. The van der Waals surface area contributed by atoms with Crippen molar-refractivity contribution in [2.45, 2.75) is 62.7 Å². The summed E-state index contributed by atoms with van der Waals surface area (Å²) in [5.74, 6) is -6.30. The molecule has 2 aromatic rings. The molecular formula is C25H32N6O9. The van der Waals surface area contributed by atoms with Crippen LogP contribution in [0.25, 0.3) is 0 Å². The van der Waals surface area contributed by atoms with Gasteiger partial charge in [-0.2, -0.15) is 0 Å². The Bertz CT molecular complexity index is 1170. The van der Waals surface area contributed by atoms with Crippen molar-refractivity contribution in [3.63, 3.8) is 0 Å². The number of hydrogen-bond donors (Lipinski definition) is 8. The number of rotatable bonds is 17. The van der Waals surface area contributed by atoms with Crippen LogP contribution in [0.5, 0.6) is 0 Å². The third-order valence-electron chi connectivity index (χ3n) is 5.79. The van der Waals surface area contributed by atoms with Crippen molar-refractivity contribution in [1.82, 2.24) is 25.9 Å². The smallest absolute Gasteiger partial charge is 0.326 e. The molecule has 3 amide bonds. The van der Waals surface area contributed by atoms with Crippen LogP contribution in [0.15, 0.2) is 42.9 Å². The fourth-order valence-corrected chi connectivity index (χ4v) is 3.64. The third kappa shape index (κ3) is 10.9. The molecular weight excluding hydrogens is 528 g/mol. The Morgan fingerprint density at radius 1 is 0.775 bits per heavy atom. The van der Waals surface area contributed by atoms with Gasteiger partial charge in [0.1, 0.15) is 18.1 Å². The van der Waals surface area contributed by atoms with E-state index in [1.165, 1.54) is 12.5 Å². The zero-order valence-electron chi connectivity index (χ0n) is 21.4. The van der Waals surface area contributed by atoms with Gasteiger partial charge in [-0.15, -0.1) is 0 Å². The molecule has 0 aliphatic heterocycles. The first-order valence-corrected chi connectivity index (χ1v) is 12.3. The predicted octanol–water partition coefficient (Wildman–Crippen LogP) is -1.21. The monoisotopic (exact) mass is 560 g/mol. The summed E-state index contributed by atoms with van der Waals surface area (Å²) in [6.07, 6.45) is 1.22. The number of carbonyl (C=O) groups is 6. The zero-order valence-corrected chi connectivity index (χ0v) is 21.4. The summed E-state index contributed by atoms with van der Waals surface area (Å²) in [5, 5.41) is 34.5. The summed E-state index contributed by atoms with van der Waals surface area (Å²) in [6.45, 7) is 0. The zero-order chi connectivity index (χ0) is 29.7. The van der Waals surface area contributed by atoms with Crippen LogP contribution in [-0.2, 0) is 41.6 Å². The number of imidazole rings is 1. The van der Waals surface area contributed by atoms with E-state index in [2.05, 4.69) is 25.9 Å². The molecule has 2 rings (SSSR count). The number of hydrogen-bond acceptors (Lipinski definition) is 8. The number of aromatic nitrogens is 2. The van der Waals surface area contributed by atoms with E-state index in [1.54, 1.807) is 30.3 Å². The van der Waals surface area contributed by atoms with Gasteiger partial charge in [-0.05, 0) is 18.4 Å². The highest BCUT2D eigenvalue weighted by molar-refractivity contribution is 5.94. The number of nitrogens with one attached hydrogen (secondary N) is 4. The van der Waals surface area contributed by atoms with Crippen LogP contribution < -0.4 is 21.7 Å². The van der Waals surface area contributed by atoms with Gasteiger partial charge in [0.25, 0.3) is 0 Å². The molecule has 0 spiro atoms. The number of carboxylic acid groups (broad SMARTS) is 3. The number of H-pyrrole nitrogens is 1. The maximum absolute atomic E-state index is 13.4. The summed E-state index contributed by atoms with van der Waals surface area (Å²) in [7, 11) is 0. The average molecular weight is 561 g/mol. The van der Waals surface area contributed by atoms with Crippen LogP contribution in [0.3, 0.4) is 0 Å². The molecule has 40 heavy (non-hydrogen) atoms. The maximum atomic E-state index is 13.4. The topological polar surface area (TPSA) is 254 Å². The Kier molecular flexibility index (Phi) is 12.2. The number of amides is 3. The SMILES string of the molecule is NC(CCC(=O)O)C(=O)NC(Cc1cnc[nH]1)C(=O)NC(Cc1ccccc1)C(=O)NC(CCC(=O)O)C(=O)O. The molecule has 9 N–H and O–H groups in total. The van der Waals surface area contributed by atoms with E-state index in [4.69, 9.17) is 15.9 Å². The Balaban J connectivity index is 2.25. The lowest BCUT2D eigenvalue weighted by atomic mass is 10.0. The minimum absolute atomic E-state index is 0.0491. The number of nitrogens with zero attached hydrogens (tertiary/aromatic N) is 1. The van der Waals surface area contributed by atoms with Gasteiger partial charge < -0.3 is 42.0 Å². The summed E-state index contributed by atoms with van der Waals surface area (Å²) >= 11 is 0. The molecule has 0 saturated heterocycles. The molecule has 0 aliphatic rings. The lowest BCUT2D eigenvalue weighted by molar-refractivity contribution is -0.143. The molecule has 15 nitrogen and oxygen atoms in total. The second-order valence-corrected chi connectivity index (χ2v) is 8.96.